The molecule has 1 heterocycles. The Hall–Kier alpha value is -2.62. The van der Waals surface area contributed by atoms with E-state index in [9.17, 15) is 18.8 Å². The maximum Gasteiger partial charge on any atom is 0.342 e. The minimum atomic E-state index is -0.865. The molecule has 1 unspecified atom stereocenters. The number of ether oxygens (including phenoxy) is 1. The van der Waals surface area contributed by atoms with Gasteiger partial charge in [0.1, 0.15) is 11.4 Å². The van der Waals surface area contributed by atoms with Crippen LogP contribution in [-0.4, -0.2) is 42.2 Å². The number of carbonyl (C=O) groups is 3. The Morgan fingerprint density at radius 2 is 2.15 bits per heavy atom. The Morgan fingerprint density at radius 1 is 1.38 bits per heavy atom. The first kappa shape index (κ1) is 19.7. The largest absolute Gasteiger partial charge is 0.465 e. The van der Waals surface area contributed by atoms with E-state index in [2.05, 4.69) is 24.9 Å². The van der Waals surface area contributed by atoms with Gasteiger partial charge < -0.3 is 15.4 Å². The molecule has 0 aromatic heterocycles. The van der Waals surface area contributed by atoms with Crippen LogP contribution in [0.2, 0.25) is 0 Å². The summed E-state index contributed by atoms with van der Waals surface area (Å²) < 4.78 is 22.4. The van der Waals surface area contributed by atoms with E-state index in [1.165, 1.54) is 12.1 Å². The van der Waals surface area contributed by atoms with Gasteiger partial charge in [0.2, 0.25) is 11.8 Å². The molecule has 2 N–H and O–H groups in total. The molecule has 1 aromatic rings. The number of amides is 2. The molecule has 0 spiro atoms. The molecule has 140 valence electrons. The number of nitrogens with zero attached hydrogens (tertiary/aromatic N) is 2. The summed E-state index contributed by atoms with van der Waals surface area (Å²) in [4.78, 5) is 34.8. The molecule has 1 atom stereocenters. The summed E-state index contributed by atoms with van der Waals surface area (Å²) in [6.45, 7) is 1.73. The van der Waals surface area contributed by atoms with E-state index in [4.69, 9.17) is 0 Å². The molecule has 8 nitrogen and oxygen atoms in total. The number of anilines is 1. The Labute approximate surface area is 152 Å². The number of methoxy groups -OCH3 is 1. The summed E-state index contributed by atoms with van der Waals surface area (Å²) in [7, 11) is 0.684. The van der Waals surface area contributed by atoms with E-state index in [1.54, 1.807) is 6.92 Å². The predicted octanol–water partition coefficient (Wildman–Crippen LogP) is 1.60. The monoisotopic (exact) mass is 382 g/mol. The molecule has 0 bridgehead atoms. The smallest absolute Gasteiger partial charge is 0.342 e. The fraction of sp³-hybridized carbons (Fsp3) is 0.375. The van der Waals surface area contributed by atoms with Crippen molar-refractivity contribution in [1.29, 1.82) is 0 Å². The van der Waals surface area contributed by atoms with Gasteiger partial charge in [-0.2, -0.15) is 5.10 Å². The van der Waals surface area contributed by atoms with Crippen LogP contribution in [0, 0.1) is 5.82 Å². The summed E-state index contributed by atoms with van der Waals surface area (Å²) >= 11 is 0. The fourth-order valence-electron chi connectivity index (χ4n) is 2.10. The number of esters is 1. The number of halogens is 1. The lowest BCUT2D eigenvalue weighted by Gasteiger charge is -2.10. The molecule has 10 heteroatoms. The first-order chi connectivity index (χ1) is 12.4. The van der Waals surface area contributed by atoms with Crippen LogP contribution in [0.1, 0.15) is 30.1 Å². The van der Waals surface area contributed by atoms with Gasteiger partial charge in [0.05, 0.1) is 24.4 Å². The van der Waals surface area contributed by atoms with Crippen LogP contribution in [0.3, 0.4) is 0 Å². The van der Waals surface area contributed by atoms with Crippen molar-refractivity contribution in [3.8, 4) is 0 Å². The highest BCUT2D eigenvalue weighted by Crippen LogP contribution is 2.20. The quantitative estimate of drug-likeness (QED) is 0.442. The molecule has 1 fully saturated rings. The number of hydrogen-bond donors (Lipinski definition) is 2. The van der Waals surface area contributed by atoms with Crippen LogP contribution in [0.5, 0.6) is 0 Å². The Balaban J connectivity index is 1.94. The van der Waals surface area contributed by atoms with Crippen LogP contribution in [0.4, 0.5) is 10.1 Å². The van der Waals surface area contributed by atoms with Gasteiger partial charge in [-0.25, -0.2) is 9.18 Å². The highest BCUT2D eigenvalue weighted by molar-refractivity contribution is 7.88. The third kappa shape index (κ3) is 5.45. The van der Waals surface area contributed by atoms with Crippen molar-refractivity contribution >= 4 is 39.9 Å². The third-order valence-corrected chi connectivity index (χ3v) is 4.84. The zero-order chi connectivity index (χ0) is 19.1. The molecular formula is C16H19FN4O4S. The van der Waals surface area contributed by atoms with Gasteiger partial charge in [-0.1, -0.05) is 6.07 Å². The minimum absolute atomic E-state index is 0.0409. The van der Waals surface area contributed by atoms with Gasteiger partial charge in [0.15, 0.2) is 0 Å². The highest BCUT2D eigenvalue weighted by atomic mass is 32.2. The van der Waals surface area contributed by atoms with Crippen molar-refractivity contribution in [3.63, 3.8) is 0 Å². The maximum absolute atomic E-state index is 13.8. The van der Waals surface area contributed by atoms with Gasteiger partial charge in [0, 0.05) is 12.1 Å². The molecule has 1 aliphatic heterocycles. The normalized spacial score (nSPS) is 17.1. The molecule has 2 rings (SSSR count). The molecule has 1 saturated heterocycles. The second-order valence-electron chi connectivity index (χ2n) is 5.47. The van der Waals surface area contributed by atoms with Gasteiger partial charge >= 0.3 is 5.97 Å². The first-order valence-electron chi connectivity index (χ1n) is 7.76. The average Bonchev–Trinajstić information content (AvgIpc) is 3.03. The summed E-state index contributed by atoms with van der Waals surface area (Å²) in [6.07, 6.45) is 0.434. The fourth-order valence-corrected chi connectivity index (χ4v) is 3.30. The lowest BCUT2D eigenvalue weighted by atomic mass is 10.1. The van der Waals surface area contributed by atoms with Crippen molar-refractivity contribution in [1.82, 2.24) is 5.32 Å². The van der Waals surface area contributed by atoms with Gasteiger partial charge in [0.25, 0.3) is 0 Å². The van der Waals surface area contributed by atoms with Crippen molar-refractivity contribution in [2.45, 2.75) is 19.8 Å². The first-order valence-corrected chi connectivity index (χ1v) is 9.28. The summed E-state index contributed by atoms with van der Waals surface area (Å²) in [5, 5.41) is 9.22. The maximum atomic E-state index is 13.8. The lowest BCUT2D eigenvalue weighted by Crippen LogP contribution is -2.17. The van der Waals surface area contributed by atoms with E-state index < -0.39 is 28.4 Å². The Morgan fingerprint density at radius 3 is 2.81 bits per heavy atom. The topological polar surface area (TPSA) is 109 Å². The molecule has 1 aromatic carbocycles. The molecule has 0 saturated carbocycles. The van der Waals surface area contributed by atoms with Crippen LogP contribution in [-0.2, 0) is 25.0 Å². The number of carbonyl (C=O) groups excluding carboxylic acids is 3. The van der Waals surface area contributed by atoms with Crippen LogP contribution in [0.25, 0.3) is 0 Å². The number of rotatable bonds is 6. The van der Waals surface area contributed by atoms with Gasteiger partial charge in [-0.15, -0.1) is 4.47 Å². The van der Waals surface area contributed by atoms with Crippen molar-refractivity contribution in [3.05, 3.63) is 29.6 Å². The number of hydrogen-bond acceptors (Lipinski definition) is 5. The van der Waals surface area contributed by atoms with E-state index in [-0.39, 0.29) is 23.6 Å². The standard InChI is InChI=1S/C16H19FN4O4S/c1-10(20-21-26-8-14(23)18-9-26)6-7-13(22)19-12-5-3-4-11(17)15(12)16(24)25-2/h3-5H,6-9H2,1-2H3,(H,18,23)(H,19,22)/b20-10+. The van der Waals surface area contributed by atoms with Gasteiger partial charge in [-0.05, 0) is 36.2 Å². The van der Waals surface area contributed by atoms with E-state index in [1.807, 2.05) is 0 Å². The third-order valence-electron chi connectivity index (χ3n) is 3.45. The van der Waals surface area contributed by atoms with Crippen LogP contribution < -0.4 is 10.6 Å². The number of benzene rings is 1. The van der Waals surface area contributed by atoms with E-state index >= 15 is 0 Å². The minimum Gasteiger partial charge on any atom is -0.465 e. The predicted molar refractivity (Wildman–Crippen MR) is 96.4 cm³/mol. The Kier molecular flexibility index (Phi) is 6.96. The zero-order valence-electron chi connectivity index (χ0n) is 14.4. The van der Waals surface area contributed by atoms with Crippen molar-refractivity contribution in [2.24, 2.45) is 9.57 Å². The summed E-state index contributed by atoms with van der Waals surface area (Å²) in [5.41, 5.74) is 0.376. The zero-order valence-corrected chi connectivity index (χ0v) is 15.2. The molecule has 0 aliphatic carbocycles. The summed E-state index contributed by atoms with van der Waals surface area (Å²) in [6, 6.07) is 3.93. The van der Waals surface area contributed by atoms with Crippen molar-refractivity contribution in [2.75, 3.05) is 24.1 Å². The molecule has 1 aliphatic rings. The second-order valence-corrected chi connectivity index (χ2v) is 7.14. The van der Waals surface area contributed by atoms with Crippen LogP contribution >= 0.6 is 0 Å². The Bertz CT molecular complexity index is 794. The molecule has 2 amide bonds. The van der Waals surface area contributed by atoms with Gasteiger partial charge in [-0.3, -0.25) is 9.59 Å². The van der Waals surface area contributed by atoms with E-state index in [0.717, 1.165) is 13.2 Å². The SMILES string of the molecule is COC(=O)c1c(F)cccc1NC(=O)CC/C(C)=N/N=S1\CNC(=O)C1. The van der Waals surface area contributed by atoms with Crippen LogP contribution in [0.15, 0.2) is 27.8 Å². The molecule has 26 heavy (non-hydrogen) atoms. The van der Waals surface area contributed by atoms with E-state index in [0.29, 0.717) is 23.8 Å². The molecule has 0 radical (unpaired) electrons. The summed E-state index contributed by atoms with van der Waals surface area (Å²) in [5.74, 6) is -1.24. The number of nitrogens with one attached hydrogen (secondary N) is 2. The highest BCUT2D eigenvalue weighted by Gasteiger charge is 2.19. The lowest BCUT2D eigenvalue weighted by molar-refractivity contribution is -0.118. The molecular weight excluding hydrogens is 363 g/mol. The van der Waals surface area contributed by atoms with Crippen molar-refractivity contribution < 1.29 is 23.5 Å². The average molecular weight is 382 g/mol. The second kappa shape index (κ2) is 9.18.